The summed E-state index contributed by atoms with van der Waals surface area (Å²) in [6.07, 6.45) is 2.33. The molecule has 1 atom stereocenters. The fourth-order valence-corrected chi connectivity index (χ4v) is 1.68. The fourth-order valence-electron chi connectivity index (χ4n) is 1.68. The molecule has 3 N–H and O–H groups in total. The molecule has 0 radical (unpaired) electrons. The van der Waals surface area contributed by atoms with Gasteiger partial charge < -0.3 is 15.5 Å². The minimum atomic E-state index is -1.43. The molecule has 70 valence electrons. The van der Waals surface area contributed by atoms with Crippen molar-refractivity contribution in [2.75, 3.05) is 13.3 Å². The van der Waals surface area contributed by atoms with Crippen molar-refractivity contribution in [3.8, 4) is 0 Å². The standard InChI is InChI=1S/C7H15BFNO2/c9-7(5-11)2-1-3-8(4-7)12-6-10/h11H,1-6,10H2/t7-/m0/s1. The highest BCUT2D eigenvalue weighted by molar-refractivity contribution is 6.52. The molecule has 0 spiro atoms. The van der Waals surface area contributed by atoms with Gasteiger partial charge in [0, 0.05) is 0 Å². The van der Waals surface area contributed by atoms with E-state index in [1.165, 1.54) is 0 Å². The molecule has 0 saturated carbocycles. The summed E-state index contributed by atoms with van der Waals surface area (Å²) >= 11 is 0. The Hall–Kier alpha value is -0.125. The Labute approximate surface area is 72.2 Å². The average molecular weight is 175 g/mol. The van der Waals surface area contributed by atoms with Crippen molar-refractivity contribution >= 4 is 6.92 Å². The van der Waals surface area contributed by atoms with E-state index in [4.69, 9.17) is 15.5 Å². The third kappa shape index (κ3) is 2.43. The lowest BCUT2D eigenvalue weighted by molar-refractivity contribution is 0.0687. The smallest absolute Gasteiger partial charge is 0.298 e. The Balaban J connectivity index is 2.39. The first-order valence-electron chi connectivity index (χ1n) is 4.31. The van der Waals surface area contributed by atoms with Crippen LogP contribution in [0.1, 0.15) is 12.8 Å². The van der Waals surface area contributed by atoms with E-state index in [1.54, 1.807) is 0 Å². The molecule has 3 nitrogen and oxygen atoms in total. The summed E-state index contributed by atoms with van der Waals surface area (Å²) in [4.78, 5) is 0. The monoisotopic (exact) mass is 175 g/mol. The van der Waals surface area contributed by atoms with Gasteiger partial charge in [0.1, 0.15) is 5.67 Å². The van der Waals surface area contributed by atoms with Crippen LogP contribution in [0.15, 0.2) is 0 Å². The topological polar surface area (TPSA) is 55.5 Å². The van der Waals surface area contributed by atoms with E-state index in [-0.39, 0.29) is 20.0 Å². The highest BCUT2D eigenvalue weighted by atomic mass is 19.1. The molecule has 1 fully saturated rings. The van der Waals surface area contributed by atoms with Gasteiger partial charge in [0.25, 0.3) is 6.92 Å². The Kier molecular flexibility index (Phi) is 3.49. The van der Waals surface area contributed by atoms with Gasteiger partial charge in [-0.2, -0.15) is 0 Å². The van der Waals surface area contributed by atoms with Crippen molar-refractivity contribution in [1.82, 2.24) is 0 Å². The predicted octanol–water partition coefficient (Wildman–Crippen LogP) is 0.405. The predicted molar refractivity (Wildman–Crippen MR) is 45.7 cm³/mol. The first-order valence-corrected chi connectivity index (χ1v) is 4.31. The lowest BCUT2D eigenvalue weighted by atomic mass is 9.52. The normalized spacial score (nSPS) is 30.8. The van der Waals surface area contributed by atoms with Crippen LogP contribution in [0.2, 0.25) is 12.6 Å². The second kappa shape index (κ2) is 4.21. The van der Waals surface area contributed by atoms with Crippen molar-refractivity contribution in [2.45, 2.75) is 31.2 Å². The first-order chi connectivity index (χ1) is 5.70. The van der Waals surface area contributed by atoms with Crippen molar-refractivity contribution < 1.29 is 14.2 Å². The van der Waals surface area contributed by atoms with E-state index in [9.17, 15) is 4.39 Å². The number of halogens is 1. The lowest BCUT2D eigenvalue weighted by Crippen LogP contribution is -2.40. The van der Waals surface area contributed by atoms with Gasteiger partial charge in [-0.1, -0.05) is 6.42 Å². The van der Waals surface area contributed by atoms with Gasteiger partial charge in [-0.25, -0.2) is 4.39 Å². The molecule has 0 aromatic carbocycles. The van der Waals surface area contributed by atoms with Crippen molar-refractivity contribution in [2.24, 2.45) is 5.73 Å². The zero-order valence-corrected chi connectivity index (χ0v) is 7.13. The van der Waals surface area contributed by atoms with E-state index >= 15 is 0 Å². The van der Waals surface area contributed by atoms with Gasteiger partial charge in [0.05, 0.1) is 13.3 Å². The molecule has 1 saturated heterocycles. The molecule has 0 unspecified atom stereocenters. The fraction of sp³-hybridized carbons (Fsp3) is 1.00. The molecule has 0 bridgehead atoms. The lowest BCUT2D eigenvalue weighted by Gasteiger charge is -2.30. The van der Waals surface area contributed by atoms with Crippen LogP contribution in [0, 0.1) is 0 Å². The molecule has 1 aliphatic heterocycles. The van der Waals surface area contributed by atoms with E-state index < -0.39 is 12.3 Å². The molecular formula is C7H15BFNO2. The number of nitrogens with two attached hydrogens (primary N) is 1. The molecule has 0 amide bonds. The van der Waals surface area contributed by atoms with Crippen molar-refractivity contribution in [3.05, 3.63) is 0 Å². The SMILES string of the molecule is NCOB1CCC[C@@](F)(CO)C1. The molecule has 1 rings (SSSR count). The zero-order valence-electron chi connectivity index (χ0n) is 7.13. The van der Waals surface area contributed by atoms with Crippen LogP contribution in [0.3, 0.4) is 0 Å². The van der Waals surface area contributed by atoms with Gasteiger partial charge >= 0.3 is 0 Å². The maximum Gasteiger partial charge on any atom is 0.298 e. The Bertz CT molecular complexity index is 147. The molecule has 1 heterocycles. The van der Waals surface area contributed by atoms with Gasteiger partial charge in [0.15, 0.2) is 0 Å². The van der Waals surface area contributed by atoms with Crippen LogP contribution < -0.4 is 5.73 Å². The van der Waals surface area contributed by atoms with Crippen LogP contribution in [0.25, 0.3) is 0 Å². The largest absolute Gasteiger partial charge is 0.424 e. The van der Waals surface area contributed by atoms with Gasteiger partial charge in [-0.3, -0.25) is 0 Å². The summed E-state index contributed by atoms with van der Waals surface area (Å²) < 4.78 is 18.6. The average Bonchev–Trinajstić information content (AvgIpc) is 2.05. The van der Waals surface area contributed by atoms with E-state index in [0.29, 0.717) is 6.42 Å². The quantitative estimate of drug-likeness (QED) is 0.482. The van der Waals surface area contributed by atoms with Gasteiger partial charge in [0.2, 0.25) is 0 Å². The summed E-state index contributed by atoms with van der Waals surface area (Å²) in [6.45, 7) is -0.384. The van der Waals surface area contributed by atoms with E-state index in [0.717, 1.165) is 12.7 Å². The molecule has 1 aliphatic rings. The highest BCUT2D eigenvalue weighted by Crippen LogP contribution is 2.32. The van der Waals surface area contributed by atoms with Crippen LogP contribution in [0.5, 0.6) is 0 Å². The highest BCUT2D eigenvalue weighted by Gasteiger charge is 2.38. The summed E-state index contributed by atoms with van der Waals surface area (Å²) in [5, 5.41) is 8.77. The van der Waals surface area contributed by atoms with Crippen LogP contribution >= 0.6 is 0 Å². The summed E-state index contributed by atoms with van der Waals surface area (Å²) in [5.74, 6) is 0. The van der Waals surface area contributed by atoms with Crippen molar-refractivity contribution in [1.29, 1.82) is 0 Å². The van der Waals surface area contributed by atoms with Crippen molar-refractivity contribution in [3.63, 3.8) is 0 Å². The second-order valence-corrected chi connectivity index (χ2v) is 3.36. The summed E-state index contributed by atoms with van der Waals surface area (Å²) in [5.41, 5.74) is 3.75. The molecule has 5 heteroatoms. The molecule has 0 aromatic rings. The van der Waals surface area contributed by atoms with Crippen LogP contribution in [0.4, 0.5) is 4.39 Å². The molecule has 0 aliphatic carbocycles. The molecular weight excluding hydrogens is 160 g/mol. The van der Waals surface area contributed by atoms with E-state index in [1.807, 2.05) is 0 Å². The number of aliphatic hydroxyl groups is 1. The minimum absolute atomic E-state index is 0.110. The molecule has 0 aromatic heterocycles. The minimum Gasteiger partial charge on any atom is -0.424 e. The number of alkyl halides is 1. The summed E-state index contributed by atoms with van der Waals surface area (Å²) in [7, 11) is 0. The Morgan fingerprint density at radius 2 is 2.42 bits per heavy atom. The van der Waals surface area contributed by atoms with Crippen LogP contribution in [-0.4, -0.2) is 31.0 Å². The molecule has 12 heavy (non-hydrogen) atoms. The number of rotatable bonds is 3. The van der Waals surface area contributed by atoms with Gasteiger partial charge in [-0.05, 0) is 19.1 Å². The van der Waals surface area contributed by atoms with Crippen LogP contribution in [-0.2, 0) is 4.65 Å². The summed E-state index contributed by atoms with van der Waals surface area (Å²) in [6, 6.07) is 0. The van der Waals surface area contributed by atoms with E-state index in [2.05, 4.69) is 0 Å². The zero-order chi connectivity index (χ0) is 9.03. The maximum atomic E-state index is 13.5. The third-order valence-electron chi connectivity index (χ3n) is 2.36. The number of hydrogen-bond donors (Lipinski definition) is 2. The Morgan fingerprint density at radius 1 is 1.67 bits per heavy atom. The third-order valence-corrected chi connectivity index (χ3v) is 2.36. The number of hydrogen-bond acceptors (Lipinski definition) is 3. The number of aliphatic hydroxyl groups excluding tert-OH is 1. The second-order valence-electron chi connectivity index (χ2n) is 3.36. The first kappa shape index (κ1) is 9.96. The van der Waals surface area contributed by atoms with Gasteiger partial charge in [-0.15, -0.1) is 0 Å². The maximum absolute atomic E-state index is 13.5. The Morgan fingerprint density at radius 3 is 3.00 bits per heavy atom.